The highest BCUT2D eigenvalue weighted by Crippen LogP contribution is 2.42. The predicted molar refractivity (Wildman–Crippen MR) is 112 cm³/mol. The van der Waals surface area contributed by atoms with Crippen LogP contribution in [0.5, 0.6) is 17.2 Å². The highest BCUT2D eigenvalue weighted by molar-refractivity contribution is 6.12. The fourth-order valence-electron chi connectivity index (χ4n) is 3.53. The lowest BCUT2D eigenvalue weighted by molar-refractivity contribution is 0.0974. The molecule has 1 unspecified atom stereocenters. The minimum absolute atomic E-state index is 0.115. The molecule has 3 aromatic carbocycles. The number of carbonyl (C=O) groups excluding carboxylic acids is 1. The molecule has 0 fully saturated rings. The lowest BCUT2D eigenvalue weighted by Gasteiger charge is -2.38. The molecule has 1 atom stereocenters. The normalized spacial score (nSPS) is 15.3. The van der Waals surface area contributed by atoms with Crippen LogP contribution in [0.25, 0.3) is 0 Å². The zero-order chi connectivity index (χ0) is 20.4. The zero-order valence-corrected chi connectivity index (χ0v) is 16.5. The van der Waals surface area contributed by atoms with Crippen molar-refractivity contribution >= 4 is 17.3 Å². The summed E-state index contributed by atoms with van der Waals surface area (Å²) in [5, 5.41) is 3.49. The van der Waals surface area contributed by atoms with Gasteiger partial charge in [-0.05, 0) is 42.0 Å². The lowest BCUT2D eigenvalue weighted by atomic mass is 10.0. The van der Waals surface area contributed by atoms with Crippen molar-refractivity contribution in [3.05, 3.63) is 77.9 Å². The van der Waals surface area contributed by atoms with Gasteiger partial charge in [0, 0.05) is 11.8 Å². The summed E-state index contributed by atoms with van der Waals surface area (Å²) in [6.45, 7) is 0. The van der Waals surface area contributed by atoms with Gasteiger partial charge in [-0.25, -0.2) is 0 Å². The van der Waals surface area contributed by atoms with E-state index in [-0.39, 0.29) is 5.91 Å². The smallest absolute Gasteiger partial charge is 0.262 e. The van der Waals surface area contributed by atoms with E-state index >= 15 is 0 Å². The first-order valence-electron chi connectivity index (χ1n) is 9.21. The van der Waals surface area contributed by atoms with Crippen LogP contribution in [0.3, 0.4) is 0 Å². The maximum Gasteiger partial charge on any atom is 0.262 e. The molecule has 0 radical (unpaired) electrons. The highest BCUT2D eigenvalue weighted by Gasteiger charge is 2.35. The van der Waals surface area contributed by atoms with Gasteiger partial charge in [0.1, 0.15) is 23.4 Å². The number of hydrogen-bond acceptors (Lipinski definition) is 5. The molecule has 1 aliphatic rings. The minimum atomic E-state index is -0.435. The van der Waals surface area contributed by atoms with Gasteiger partial charge in [-0.15, -0.1) is 0 Å². The molecule has 1 heterocycles. The molecule has 0 aliphatic carbocycles. The van der Waals surface area contributed by atoms with Gasteiger partial charge in [0.15, 0.2) is 0 Å². The number of anilines is 2. The second-order valence-corrected chi connectivity index (χ2v) is 6.58. The minimum Gasteiger partial charge on any atom is -0.497 e. The second-order valence-electron chi connectivity index (χ2n) is 6.58. The Morgan fingerprint density at radius 1 is 0.828 bits per heavy atom. The lowest BCUT2D eigenvalue weighted by Crippen LogP contribution is -2.43. The molecule has 0 saturated heterocycles. The molecule has 29 heavy (non-hydrogen) atoms. The zero-order valence-electron chi connectivity index (χ0n) is 16.5. The SMILES string of the molecule is COc1cccc(C2Nc3ccccc3C(=O)N2c2ccc(OC)cc2OC)c1. The Bertz CT molecular complexity index is 1050. The molecule has 4 rings (SSSR count). The van der Waals surface area contributed by atoms with Gasteiger partial charge >= 0.3 is 0 Å². The number of fused-ring (bicyclic) bond motifs is 1. The van der Waals surface area contributed by atoms with Gasteiger partial charge in [0.05, 0.1) is 32.6 Å². The number of amides is 1. The van der Waals surface area contributed by atoms with Crippen molar-refractivity contribution in [2.45, 2.75) is 6.17 Å². The molecule has 1 amide bonds. The number of methoxy groups -OCH3 is 3. The van der Waals surface area contributed by atoms with Gasteiger partial charge in [0.25, 0.3) is 5.91 Å². The Kier molecular flexibility index (Phi) is 4.99. The van der Waals surface area contributed by atoms with E-state index in [0.717, 1.165) is 17.0 Å². The third-order valence-electron chi connectivity index (χ3n) is 4.98. The number of nitrogens with one attached hydrogen (secondary N) is 1. The van der Waals surface area contributed by atoms with Crippen molar-refractivity contribution < 1.29 is 19.0 Å². The number of nitrogens with zero attached hydrogens (tertiary/aromatic N) is 1. The molecule has 0 spiro atoms. The van der Waals surface area contributed by atoms with Gasteiger partial charge in [-0.2, -0.15) is 0 Å². The van der Waals surface area contributed by atoms with E-state index < -0.39 is 6.17 Å². The van der Waals surface area contributed by atoms with E-state index in [2.05, 4.69) is 5.32 Å². The molecular formula is C23H22N2O4. The van der Waals surface area contributed by atoms with Crippen molar-refractivity contribution in [3.63, 3.8) is 0 Å². The Balaban J connectivity index is 1.89. The summed E-state index contributed by atoms with van der Waals surface area (Å²) in [6.07, 6.45) is -0.435. The quantitative estimate of drug-likeness (QED) is 0.696. The van der Waals surface area contributed by atoms with Crippen LogP contribution in [0.15, 0.2) is 66.7 Å². The summed E-state index contributed by atoms with van der Waals surface area (Å²) >= 11 is 0. The maximum atomic E-state index is 13.5. The van der Waals surface area contributed by atoms with Crippen LogP contribution >= 0.6 is 0 Å². The van der Waals surface area contributed by atoms with E-state index in [1.807, 2.05) is 60.7 Å². The van der Waals surface area contributed by atoms with Crippen LogP contribution in [0.4, 0.5) is 11.4 Å². The molecule has 1 N–H and O–H groups in total. The monoisotopic (exact) mass is 390 g/mol. The van der Waals surface area contributed by atoms with Crippen LogP contribution in [0, 0.1) is 0 Å². The number of ether oxygens (including phenoxy) is 3. The predicted octanol–water partition coefficient (Wildman–Crippen LogP) is 4.48. The standard InChI is InChI=1S/C23H22N2O4/c1-27-16-8-6-7-15(13-16)22-24-19-10-5-4-9-18(19)23(26)25(22)20-12-11-17(28-2)14-21(20)29-3/h4-14,22,24H,1-3H3. The van der Waals surface area contributed by atoms with Gasteiger partial charge in [-0.1, -0.05) is 24.3 Å². The summed E-state index contributed by atoms with van der Waals surface area (Å²) in [7, 11) is 4.80. The molecule has 6 nitrogen and oxygen atoms in total. The molecule has 0 saturated carbocycles. The first-order chi connectivity index (χ1) is 14.2. The van der Waals surface area contributed by atoms with Gasteiger partial charge in [-0.3, -0.25) is 9.69 Å². The Labute approximate surface area is 169 Å². The fourth-order valence-corrected chi connectivity index (χ4v) is 3.53. The van der Waals surface area contributed by atoms with Crippen LogP contribution in [0.2, 0.25) is 0 Å². The van der Waals surface area contributed by atoms with Crippen molar-refractivity contribution in [1.29, 1.82) is 0 Å². The number of benzene rings is 3. The van der Waals surface area contributed by atoms with Crippen molar-refractivity contribution in [3.8, 4) is 17.2 Å². The fraction of sp³-hybridized carbons (Fsp3) is 0.174. The van der Waals surface area contributed by atoms with Gasteiger partial charge in [0.2, 0.25) is 0 Å². The third-order valence-corrected chi connectivity index (χ3v) is 4.98. The van der Waals surface area contributed by atoms with E-state index in [9.17, 15) is 4.79 Å². The summed E-state index contributed by atoms with van der Waals surface area (Å²) in [5.74, 6) is 1.81. The van der Waals surface area contributed by atoms with Crippen LogP contribution in [0.1, 0.15) is 22.1 Å². The number of para-hydroxylation sites is 1. The summed E-state index contributed by atoms with van der Waals surface area (Å²) in [5.41, 5.74) is 2.93. The molecule has 0 bridgehead atoms. The van der Waals surface area contributed by atoms with Crippen molar-refractivity contribution in [2.75, 3.05) is 31.5 Å². The largest absolute Gasteiger partial charge is 0.497 e. The van der Waals surface area contributed by atoms with Crippen LogP contribution < -0.4 is 24.4 Å². The number of hydrogen-bond donors (Lipinski definition) is 1. The molecule has 3 aromatic rings. The first-order valence-corrected chi connectivity index (χ1v) is 9.21. The Hall–Kier alpha value is -3.67. The molecular weight excluding hydrogens is 368 g/mol. The number of carbonyl (C=O) groups is 1. The van der Waals surface area contributed by atoms with E-state index in [1.54, 1.807) is 32.3 Å². The number of rotatable bonds is 5. The average Bonchev–Trinajstić information content (AvgIpc) is 2.78. The second kappa shape index (κ2) is 7.75. The topological polar surface area (TPSA) is 60.0 Å². The first kappa shape index (κ1) is 18.7. The highest BCUT2D eigenvalue weighted by atomic mass is 16.5. The van der Waals surface area contributed by atoms with Crippen molar-refractivity contribution in [1.82, 2.24) is 0 Å². The molecule has 148 valence electrons. The van der Waals surface area contributed by atoms with E-state index in [4.69, 9.17) is 14.2 Å². The summed E-state index contributed by atoms with van der Waals surface area (Å²) in [4.78, 5) is 15.2. The Morgan fingerprint density at radius 3 is 2.34 bits per heavy atom. The van der Waals surface area contributed by atoms with E-state index in [0.29, 0.717) is 22.7 Å². The van der Waals surface area contributed by atoms with Crippen LogP contribution in [-0.2, 0) is 0 Å². The maximum absolute atomic E-state index is 13.5. The van der Waals surface area contributed by atoms with E-state index in [1.165, 1.54) is 0 Å². The average molecular weight is 390 g/mol. The molecule has 1 aliphatic heterocycles. The summed E-state index contributed by atoms with van der Waals surface area (Å²) < 4.78 is 16.3. The summed E-state index contributed by atoms with van der Waals surface area (Å²) in [6, 6.07) is 20.6. The van der Waals surface area contributed by atoms with Crippen LogP contribution in [-0.4, -0.2) is 27.2 Å². The Morgan fingerprint density at radius 2 is 1.59 bits per heavy atom. The third kappa shape index (κ3) is 3.33. The van der Waals surface area contributed by atoms with Gasteiger partial charge < -0.3 is 19.5 Å². The van der Waals surface area contributed by atoms with Crippen molar-refractivity contribution in [2.24, 2.45) is 0 Å². The molecule has 6 heteroatoms. The molecule has 0 aromatic heterocycles.